The highest BCUT2D eigenvalue weighted by Crippen LogP contribution is 2.35. The minimum absolute atomic E-state index is 0.264. The normalized spacial score (nSPS) is 15.4. The number of rotatable bonds is 4. The Morgan fingerprint density at radius 2 is 2.03 bits per heavy atom. The lowest BCUT2D eigenvalue weighted by Gasteiger charge is -2.30. The Morgan fingerprint density at radius 3 is 2.78 bits per heavy atom. The molecule has 0 unspecified atom stereocenters. The van der Waals surface area contributed by atoms with Gasteiger partial charge in [0.2, 0.25) is 0 Å². The van der Waals surface area contributed by atoms with Crippen LogP contribution in [0.15, 0.2) is 46.6 Å². The molecule has 0 saturated carbocycles. The van der Waals surface area contributed by atoms with Crippen molar-refractivity contribution in [3.63, 3.8) is 0 Å². The second-order valence-electron chi connectivity index (χ2n) is 7.87. The maximum Gasteiger partial charge on any atom is 0.189 e. The van der Waals surface area contributed by atoms with Crippen LogP contribution in [0.2, 0.25) is 0 Å². The zero-order chi connectivity index (χ0) is 22.1. The zero-order valence-electron chi connectivity index (χ0n) is 17.5. The molecule has 4 aromatic rings. The predicted octanol–water partition coefficient (Wildman–Crippen LogP) is 3.96. The lowest BCUT2D eigenvalue weighted by molar-refractivity contribution is 0.375. The topological polar surface area (TPSA) is 127 Å². The Morgan fingerprint density at radius 1 is 1.19 bits per heavy atom. The highest BCUT2D eigenvalue weighted by Gasteiger charge is 2.35. The van der Waals surface area contributed by atoms with Crippen molar-refractivity contribution < 1.29 is 4.52 Å². The third kappa shape index (κ3) is 3.53. The van der Waals surface area contributed by atoms with E-state index in [0.717, 1.165) is 53.3 Å². The van der Waals surface area contributed by atoms with E-state index < -0.39 is 5.41 Å². The van der Waals surface area contributed by atoms with Crippen LogP contribution < -0.4 is 11.1 Å². The highest BCUT2D eigenvalue weighted by atomic mass is 32.1. The van der Waals surface area contributed by atoms with Gasteiger partial charge in [-0.1, -0.05) is 5.16 Å². The van der Waals surface area contributed by atoms with Crippen molar-refractivity contribution in [3.05, 3.63) is 53.3 Å². The first kappa shape index (κ1) is 20.3. The van der Waals surface area contributed by atoms with E-state index in [0.29, 0.717) is 17.1 Å². The summed E-state index contributed by atoms with van der Waals surface area (Å²) in [5.74, 6) is 0.723. The Hall–Kier alpha value is -3.61. The molecule has 0 atom stereocenters. The van der Waals surface area contributed by atoms with Crippen LogP contribution in [0, 0.1) is 18.3 Å². The SMILES string of the molecule is Cc1ccsc1-c1cc(-c2nc(-c3ccnc(C4(C#N)CCNCC4)c3)cnc2N)on1. The van der Waals surface area contributed by atoms with E-state index in [9.17, 15) is 5.26 Å². The van der Waals surface area contributed by atoms with Crippen molar-refractivity contribution in [2.75, 3.05) is 18.8 Å². The maximum atomic E-state index is 9.90. The molecule has 4 aromatic heterocycles. The Labute approximate surface area is 189 Å². The lowest BCUT2D eigenvalue weighted by atomic mass is 9.77. The predicted molar refractivity (Wildman–Crippen MR) is 123 cm³/mol. The number of aryl methyl sites for hydroxylation is 1. The van der Waals surface area contributed by atoms with Gasteiger partial charge in [-0.2, -0.15) is 5.26 Å². The molecule has 0 amide bonds. The van der Waals surface area contributed by atoms with Gasteiger partial charge < -0.3 is 15.6 Å². The average molecular weight is 444 g/mol. The number of anilines is 1. The van der Waals surface area contributed by atoms with E-state index in [-0.39, 0.29) is 5.82 Å². The molecule has 1 aliphatic rings. The largest absolute Gasteiger partial charge is 0.382 e. The molecule has 0 aliphatic carbocycles. The first-order valence-corrected chi connectivity index (χ1v) is 11.2. The number of hydrogen-bond acceptors (Lipinski definition) is 9. The molecule has 0 bridgehead atoms. The Kier molecular flexibility index (Phi) is 5.17. The number of nitrogen functional groups attached to an aromatic ring is 1. The summed E-state index contributed by atoms with van der Waals surface area (Å²) < 4.78 is 5.57. The molecular formula is C23H21N7OS. The van der Waals surface area contributed by atoms with Gasteiger partial charge in [0, 0.05) is 17.8 Å². The number of nitrogens with one attached hydrogen (secondary N) is 1. The standard InChI is InChI=1S/C23H21N7OS/c1-14-3-9-32-21(14)16-11-18(31-30-16)20-22(25)28-12-17(29-20)15-2-6-27-19(10-15)23(13-24)4-7-26-8-5-23/h2-3,6,9-12,26H,4-5,7-8H2,1H3,(H2,25,28). The van der Waals surface area contributed by atoms with Crippen molar-refractivity contribution in [2.24, 2.45) is 0 Å². The molecule has 5 heterocycles. The summed E-state index contributed by atoms with van der Waals surface area (Å²) in [5, 5.41) is 19.4. The highest BCUT2D eigenvalue weighted by molar-refractivity contribution is 7.13. The summed E-state index contributed by atoms with van der Waals surface area (Å²) in [5.41, 5.74) is 10.1. The number of piperidine rings is 1. The van der Waals surface area contributed by atoms with Crippen LogP contribution in [-0.2, 0) is 5.41 Å². The van der Waals surface area contributed by atoms with E-state index in [1.165, 1.54) is 0 Å². The average Bonchev–Trinajstić information content (AvgIpc) is 3.49. The fraction of sp³-hybridized carbons (Fsp3) is 0.261. The first-order chi connectivity index (χ1) is 15.6. The molecule has 1 aliphatic heterocycles. The zero-order valence-corrected chi connectivity index (χ0v) is 18.3. The fourth-order valence-corrected chi connectivity index (χ4v) is 4.86. The number of thiophene rings is 1. The Bertz CT molecular complexity index is 1310. The van der Waals surface area contributed by atoms with E-state index in [1.807, 2.05) is 36.6 Å². The van der Waals surface area contributed by atoms with Crippen LogP contribution in [-0.4, -0.2) is 33.2 Å². The van der Waals surface area contributed by atoms with Gasteiger partial charge in [0.15, 0.2) is 17.3 Å². The summed E-state index contributed by atoms with van der Waals surface area (Å²) >= 11 is 1.60. The van der Waals surface area contributed by atoms with E-state index >= 15 is 0 Å². The van der Waals surface area contributed by atoms with Crippen LogP contribution in [0.1, 0.15) is 24.1 Å². The van der Waals surface area contributed by atoms with Crippen LogP contribution in [0.3, 0.4) is 0 Å². The molecule has 3 N–H and O–H groups in total. The van der Waals surface area contributed by atoms with Crippen LogP contribution in [0.5, 0.6) is 0 Å². The number of hydrogen-bond donors (Lipinski definition) is 2. The van der Waals surface area contributed by atoms with Crippen molar-refractivity contribution in [3.8, 4) is 39.4 Å². The number of pyridine rings is 1. The smallest absolute Gasteiger partial charge is 0.189 e. The van der Waals surface area contributed by atoms with E-state index in [4.69, 9.17) is 15.2 Å². The second-order valence-corrected chi connectivity index (χ2v) is 8.79. The number of nitriles is 1. The molecule has 8 nitrogen and oxygen atoms in total. The third-order valence-electron chi connectivity index (χ3n) is 5.86. The van der Waals surface area contributed by atoms with Gasteiger partial charge in [-0.3, -0.25) is 4.98 Å². The quantitative estimate of drug-likeness (QED) is 0.485. The lowest BCUT2D eigenvalue weighted by Crippen LogP contribution is -2.39. The molecule has 9 heteroatoms. The molecule has 0 radical (unpaired) electrons. The second kappa shape index (κ2) is 8.15. The first-order valence-electron chi connectivity index (χ1n) is 10.3. The summed E-state index contributed by atoms with van der Waals surface area (Å²) in [7, 11) is 0. The van der Waals surface area contributed by atoms with Gasteiger partial charge in [-0.05, 0) is 62.0 Å². The monoisotopic (exact) mass is 443 g/mol. The van der Waals surface area contributed by atoms with Gasteiger partial charge >= 0.3 is 0 Å². The minimum atomic E-state index is -0.594. The summed E-state index contributed by atoms with van der Waals surface area (Å²) in [6.45, 7) is 3.62. The number of nitrogens with two attached hydrogens (primary N) is 1. The summed E-state index contributed by atoms with van der Waals surface area (Å²) in [6.07, 6.45) is 4.79. The third-order valence-corrected chi connectivity index (χ3v) is 6.90. The van der Waals surface area contributed by atoms with Crippen LogP contribution in [0.25, 0.3) is 33.3 Å². The molecule has 5 rings (SSSR count). The molecule has 160 valence electrons. The molecular weight excluding hydrogens is 422 g/mol. The van der Waals surface area contributed by atoms with Gasteiger partial charge in [0.1, 0.15) is 11.1 Å². The van der Waals surface area contributed by atoms with Crippen molar-refractivity contribution in [1.82, 2.24) is 25.4 Å². The minimum Gasteiger partial charge on any atom is -0.382 e. The molecule has 1 fully saturated rings. The van der Waals surface area contributed by atoms with Gasteiger partial charge in [-0.15, -0.1) is 11.3 Å². The van der Waals surface area contributed by atoms with Gasteiger partial charge in [-0.25, -0.2) is 9.97 Å². The summed E-state index contributed by atoms with van der Waals surface area (Å²) in [4.78, 5) is 14.6. The Balaban J connectivity index is 1.52. The van der Waals surface area contributed by atoms with E-state index in [1.54, 1.807) is 23.7 Å². The fourth-order valence-electron chi connectivity index (χ4n) is 3.98. The maximum absolute atomic E-state index is 9.90. The van der Waals surface area contributed by atoms with E-state index in [2.05, 4.69) is 26.5 Å². The summed E-state index contributed by atoms with van der Waals surface area (Å²) in [6, 6.07) is 10.2. The molecule has 0 spiro atoms. The van der Waals surface area contributed by atoms with Crippen LogP contribution in [0.4, 0.5) is 5.82 Å². The van der Waals surface area contributed by atoms with Crippen molar-refractivity contribution >= 4 is 17.2 Å². The van der Waals surface area contributed by atoms with Gasteiger partial charge in [0.05, 0.1) is 28.5 Å². The number of nitrogens with zero attached hydrogens (tertiary/aromatic N) is 5. The molecule has 0 aromatic carbocycles. The molecule has 32 heavy (non-hydrogen) atoms. The van der Waals surface area contributed by atoms with Crippen LogP contribution >= 0.6 is 11.3 Å². The van der Waals surface area contributed by atoms with Gasteiger partial charge in [0.25, 0.3) is 0 Å². The number of aromatic nitrogens is 4. The van der Waals surface area contributed by atoms with Crippen molar-refractivity contribution in [1.29, 1.82) is 5.26 Å². The van der Waals surface area contributed by atoms with Crippen molar-refractivity contribution in [2.45, 2.75) is 25.2 Å². The molecule has 1 saturated heterocycles.